The molecule has 0 saturated carbocycles. The summed E-state index contributed by atoms with van der Waals surface area (Å²) < 4.78 is 0. The zero-order valence-electron chi connectivity index (χ0n) is 8.79. The predicted molar refractivity (Wildman–Crippen MR) is 58.4 cm³/mol. The highest BCUT2D eigenvalue weighted by Crippen LogP contribution is 2.25. The van der Waals surface area contributed by atoms with E-state index in [0.717, 1.165) is 24.4 Å². The minimum Gasteiger partial charge on any atom is -0.397 e. The van der Waals surface area contributed by atoms with Crippen LogP contribution in [0.1, 0.15) is 30.1 Å². The molecule has 0 aromatic carbocycles. The maximum atomic E-state index is 11.2. The number of aryl methyl sites for hydroxylation is 1. The third kappa shape index (κ3) is 2.09. The first-order valence-corrected chi connectivity index (χ1v) is 5.16. The lowest BCUT2D eigenvalue weighted by atomic mass is 9.93. The summed E-state index contributed by atoms with van der Waals surface area (Å²) in [6, 6.07) is 3.79. The molecule has 1 amide bonds. The van der Waals surface area contributed by atoms with Crippen LogP contribution in [0.25, 0.3) is 0 Å². The van der Waals surface area contributed by atoms with E-state index >= 15 is 0 Å². The van der Waals surface area contributed by atoms with Crippen LogP contribution in [-0.4, -0.2) is 17.4 Å². The number of rotatable bonds is 1. The number of carbonyl (C=O) groups is 1. The van der Waals surface area contributed by atoms with Crippen LogP contribution in [0.3, 0.4) is 0 Å². The van der Waals surface area contributed by atoms with Crippen molar-refractivity contribution in [2.24, 2.45) is 0 Å². The SMILES string of the molecule is Cc1nc(C2CCNC(=O)C2)ccc1N. The molecule has 1 unspecified atom stereocenters. The minimum atomic E-state index is 0.113. The summed E-state index contributed by atoms with van der Waals surface area (Å²) in [4.78, 5) is 15.7. The number of carbonyl (C=O) groups excluding carboxylic acids is 1. The zero-order chi connectivity index (χ0) is 10.8. The van der Waals surface area contributed by atoms with Crippen molar-refractivity contribution < 1.29 is 4.79 Å². The molecule has 1 fully saturated rings. The van der Waals surface area contributed by atoms with Gasteiger partial charge in [0.15, 0.2) is 0 Å². The van der Waals surface area contributed by atoms with E-state index in [0.29, 0.717) is 12.1 Å². The number of aromatic nitrogens is 1. The van der Waals surface area contributed by atoms with Crippen molar-refractivity contribution in [3.63, 3.8) is 0 Å². The largest absolute Gasteiger partial charge is 0.397 e. The van der Waals surface area contributed by atoms with Crippen LogP contribution in [-0.2, 0) is 4.79 Å². The first-order valence-electron chi connectivity index (χ1n) is 5.16. The highest BCUT2D eigenvalue weighted by Gasteiger charge is 2.21. The molecule has 15 heavy (non-hydrogen) atoms. The number of hydrogen-bond donors (Lipinski definition) is 2. The normalized spacial score (nSPS) is 21.1. The number of nitrogens with zero attached hydrogens (tertiary/aromatic N) is 1. The summed E-state index contributed by atoms with van der Waals surface area (Å²) in [5.41, 5.74) is 8.24. The topological polar surface area (TPSA) is 68.0 Å². The van der Waals surface area contributed by atoms with E-state index in [1.165, 1.54) is 0 Å². The van der Waals surface area contributed by atoms with Crippen LogP contribution < -0.4 is 11.1 Å². The number of hydrogen-bond acceptors (Lipinski definition) is 3. The van der Waals surface area contributed by atoms with Crippen molar-refractivity contribution in [3.05, 3.63) is 23.5 Å². The van der Waals surface area contributed by atoms with Gasteiger partial charge in [-0.2, -0.15) is 0 Å². The molecule has 80 valence electrons. The van der Waals surface area contributed by atoms with Crippen molar-refractivity contribution in [3.8, 4) is 0 Å². The predicted octanol–water partition coefficient (Wildman–Crippen LogP) is 0.966. The number of pyridine rings is 1. The quantitative estimate of drug-likeness (QED) is 0.717. The molecule has 2 heterocycles. The van der Waals surface area contributed by atoms with E-state index in [1.54, 1.807) is 0 Å². The van der Waals surface area contributed by atoms with Gasteiger partial charge in [-0.15, -0.1) is 0 Å². The van der Waals surface area contributed by atoms with E-state index in [9.17, 15) is 4.79 Å². The average molecular weight is 205 g/mol. The molecule has 1 aromatic heterocycles. The van der Waals surface area contributed by atoms with Crippen molar-refractivity contribution in [2.45, 2.75) is 25.7 Å². The fraction of sp³-hybridized carbons (Fsp3) is 0.455. The molecule has 1 aliphatic rings. The summed E-state index contributed by atoms with van der Waals surface area (Å²) in [7, 11) is 0. The second-order valence-corrected chi connectivity index (χ2v) is 3.95. The van der Waals surface area contributed by atoms with Crippen LogP contribution in [0.2, 0.25) is 0 Å². The maximum Gasteiger partial charge on any atom is 0.220 e. The Balaban J connectivity index is 2.21. The molecule has 2 rings (SSSR count). The Kier molecular flexibility index (Phi) is 2.58. The number of nitrogen functional groups attached to an aromatic ring is 1. The van der Waals surface area contributed by atoms with Gasteiger partial charge in [0.05, 0.1) is 11.4 Å². The molecule has 1 saturated heterocycles. The van der Waals surface area contributed by atoms with Gasteiger partial charge in [-0.05, 0) is 25.5 Å². The molecule has 1 aromatic rings. The molecule has 1 atom stereocenters. The Bertz CT molecular complexity index is 389. The highest BCUT2D eigenvalue weighted by atomic mass is 16.1. The fourth-order valence-electron chi connectivity index (χ4n) is 1.85. The van der Waals surface area contributed by atoms with Crippen LogP contribution in [0.4, 0.5) is 5.69 Å². The second kappa shape index (κ2) is 3.88. The van der Waals surface area contributed by atoms with Crippen LogP contribution in [0, 0.1) is 6.92 Å². The van der Waals surface area contributed by atoms with Gasteiger partial charge in [0.2, 0.25) is 5.91 Å². The average Bonchev–Trinajstić information content (AvgIpc) is 2.22. The fourth-order valence-corrected chi connectivity index (χ4v) is 1.85. The number of anilines is 1. The Morgan fingerprint density at radius 2 is 2.33 bits per heavy atom. The molecule has 1 aliphatic heterocycles. The molecular formula is C11H15N3O. The monoisotopic (exact) mass is 205 g/mol. The van der Waals surface area contributed by atoms with Crippen molar-refractivity contribution >= 4 is 11.6 Å². The molecular weight excluding hydrogens is 190 g/mol. The van der Waals surface area contributed by atoms with E-state index in [-0.39, 0.29) is 11.8 Å². The van der Waals surface area contributed by atoms with Crippen LogP contribution >= 0.6 is 0 Å². The molecule has 0 radical (unpaired) electrons. The second-order valence-electron chi connectivity index (χ2n) is 3.95. The summed E-state index contributed by atoms with van der Waals surface area (Å²) in [5.74, 6) is 0.362. The summed E-state index contributed by atoms with van der Waals surface area (Å²) in [6.45, 7) is 2.64. The smallest absolute Gasteiger partial charge is 0.220 e. The molecule has 0 spiro atoms. The Labute approximate surface area is 88.9 Å². The highest BCUT2D eigenvalue weighted by molar-refractivity contribution is 5.77. The first kappa shape index (κ1) is 9.96. The third-order valence-corrected chi connectivity index (χ3v) is 2.81. The lowest BCUT2D eigenvalue weighted by Crippen LogP contribution is -2.32. The molecule has 0 bridgehead atoms. The molecule has 3 N–H and O–H groups in total. The maximum absolute atomic E-state index is 11.2. The number of nitrogens with two attached hydrogens (primary N) is 1. The van der Waals surface area contributed by atoms with E-state index < -0.39 is 0 Å². The van der Waals surface area contributed by atoms with E-state index in [2.05, 4.69) is 10.3 Å². The molecule has 4 nitrogen and oxygen atoms in total. The van der Waals surface area contributed by atoms with Crippen molar-refractivity contribution in [2.75, 3.05) is 12.3 Å². The number of piperidine rings is 1. The van der Waals surface area contributed by atoms with Gasteiger partial charge < -0.3 is 11.1 Å². The van der Waals surface area contributed by atoms with Gasteiger partial charge in [-0.3, -0.25) is 9.78 Å². The standard InChI is InChI=1S/C11H15N3O/c1-7-9(12)2-3-10(14-7)8-4-5-13-11(15)6-8/h2-3,8H,4-6,12H2,1H3,(H,13,15). The third-order valence-electron chi connectivity index (χ3n) is 2.81. The van der Waals surface area contributed by atoms with Gasteiger partial charge in [0.25, 0.3) is 0 Å². The Hall–Kier alpha value is -1.58. The van der Waals surface area contributed by atoms with Gasteiger partial charge in [0.1, 0.15) is 0 Å². The van der Waals surface area contributed by atoms with Crippen LogP contribution in [0.15, 0.2) is 12.1 Å². The van der Waals surface area contributed by atoms with E-state index in [4.69, 9.17) is 5.73 Å². The molecule has 0 aliphatic carbocycles. The number of nitrogens with one attached hydrogen (secondary N) is 1. The Morgan fingerprint density at radius 1 is 1.53 bits per heavy atom. The van der Waals surface area contributed by atoms with Gasteiger partial charge in [0, 0.05) is 24.6 Å². The lowest BCUT2D eigenvalue weighted by molar-refractivity contribution is -0.122. The molecule has 4 heteroatoms. The van der Waals surface area contributed by atoms with Gasteiger partial charge >= 0.3 is 0 Å². The lowest BCUT2D eigenvalue weighted by Gasteiger charge is -2.21. The van der Waals surface area contributed by atoms with Crippen molar-refractivity contribution in [1.82, 2.24) is 10.3 Å². The Morgan fingerprint density at radius 3 is 3.00 bits per heavy atom. The van der Waals surface area contributed by atoms with Gasteiger partial charge in [-0.25, -0.2) is 0 Å². The summed E-state index contributed by atoms with van der Waals surface area (Å²) in [5, 5.41) is 2.82. The minimum absolute atomic E-state index is 0.113. The summed E-state index contributed by atoms with van der Waals surface area (Å²) in [6.07, 6.45) is 1.50. The summed E-state index contributed by atoms with van der Waals surface area (Å²) >= 11 is 0. The van der Waals surface area contributed by atoms with Gasteiger partial charge in [-0.1, -0.05) is 0 Å². The van der Waals surface area contributed by atoms with E-state index in [1.807, 2.05) is 19.1 Å². The number of amides is 1. The van der Waals surface area contributed by atoms with Crippen molar-refractivity contribution in [1.29, 1.82) is 0 Å². The van der Waals surface area contributed by atoms with Crippen LogP contribution in [0.5, 0.6) is 0 Å². The first-order chi connectivity index (χ1) is 7.16. The zero-order valence-corrected chi connectivity index (χ0v) is 8.79.